The van der Waals surface area contributed by atoms with Gasteiger partial charge in [0, 0.05) is 30.6 Å². The Morgan fingerprint density at radius 3 is 2.29 bits per heavy atom. The Balaban J connectivity index is 1.18. The lowest BCUT2D eigenvalue weighted by atomic mass is 9.82. The van der Waals surface area contributed by atoms with Crippen molar-refractivity contribution in [2.24, 2.45) is 5.92 Å². The van der Waals surface area contributed by atoms with Gasteiger partial charge in [0.1, 0.15) is 11.5 Å². The molecule has 0 radical (unpaired) electrons. The average molecular weight is 818 g/mol. The molecule has 6 atom stereocenters. The minimum absolute atomic E-state index is 0.0317. The lowest BCUT2D eigenvalue weighted by molar-refractivity contribution is -0.154. The summed E-state index contributed by atoms with van der Waals surface area (Å²) in [7, 11) is 0.638. The van der Waals surface area contributed by atoms with Gasteiger partial charge in [0.15, 0.2) is 11.8 Å². The molecule has 0 aliphatic carbocycles. The number of β-lactam (4-membered cyclic amide) rings is 1. The molecule has 4 heterocycles. The minimum Gasteiger partial charge on any atom is -0.497 e. The molecule has 1 N–H and O–H groups in total. The summed E-state index contributed by atoms with van der Waals surface area (Å²) in [5.41, 5.74) is 3.21. The van der Waals surface area contributed by atoms with Crippen molar-refractivity contribution in [3.8, 4) is 11.5 Å². The van der Waals surface area contributed by atoms with Crippen molar-refractivity contribution in [2.75, 3.05) is 30.6 Å². The number of rotatable bonds is 11. The number of hydrogen-bond acceptors (Lipinski definition) is 9. The zero-order valence-electron chi connectivity index (χ0n) is 34.3. The fourth-order valence-electron chi connectivity index (χ4n) is 10.1. The highest BCUT2D eigenvalue weighted by Gasteiger charge is 2.66. The number of methoxy groups -OCH3 is 2. The van der Waals surface area contributed by atoms with Crippen LogP contribution in [0.25, 0.3) is 0 Å². The molecule has 4 aromatic carbocycles. The van der Waals surface area contributed by atoms with Crippen LogP contribution >= 0.6 is 0 Å². The van der Waals surface area contributed by atoms with E-state index in [0.29, 0.717) is 35.7 Å². The maximum atomic E-state index is 15.5. The van der Waals surface area contributed by atoms with E-state index in [9.17, 15) is 19.5 Å². The molecule has 2 saturated heterocycles. The Labute approximate surface area is 345 Å². The molecule has 4 aromatic rings. The van der Waals surface area contributed by atoms with Gasteiger partial charge in [0.2, 0.25) is 11.8 Å². The van der Waals surface area contributed by atoms with E-state index in [2.05, 4.69) is 32.2 Å². The molecule has 1 unspecified atom stereocenters. The van der Waals surface area contributed by atoms with Crippen LogP contribution < -0.4 is 24.5 Å². The minimum atomic E-state index is -2.59. The van der Waals surface area contributed by atoms with Crippen LogP contribution in [0.2, 0.25) is 18.6 Å². The number of nitrogens with zero attached hydrogens (tertiary/aromatic N) is 3. The van der Waals surface area contributed by atoms with Crippen LogP contribution in [0.1, 0.15) is 48.9 Å². The van der Waals surface area contributed by atoms with Gasteiger partial charge in [0.25, 0.3) is 5.91 Å². The van der Waals surface area contributed by atoms with E-state index >= 15 is 4.79 Å². The van der Waals surface area contributed by atoms with Crippen molar-refractivity contribution in [3.05, 3.63) is 113 Å². The molecular formula is C46H51N3O9Si. The molecule has 1 spiro atoms. The topological polar surface area (TPSA) is 135 Å². The van der Waals surface area contributed by atoms with E-state index in [1.165, 1.54) is 11.8 Å². The second-order valence-electron chi connectivity index (χ2n) is 16.7. The quantitative estimate of drug-likeness (QED) is 0.120. The van der Waals surface area contributed by atoms with E-state index < -0.39 is 32.0 Å². The zero-order chi connectivity index (χ0) is 41.8. The van der Waals surface area contributed by atoms with Gasteiger partial charge in [-0.25, -0.2) is 0 Å². The van der Waals surface area contributed by atoms with Gasteiger partial charge in [-0.05, 0) is 71.1 Å². The second kappa shape index (κ2) is 15.6. The molecule has 8 rings (SSSR count). The summed E-state index contributed by atoms with van der Waals surface area (Å²) in [6.07, 6.45) is -0.634. The number of carbonyl (C=O) groups is 4. The van der Waals surface area contributed by atoms with E-state index in [4.69, 9.17) is 18.9 Å². The molecule has 2 fully saturated rings. The van der Waals surface area contributed by atoms with Crippen LogP contribution in [-0.2, 0) is 53.8 Å². The lowest BCUT2D eigenvalue weighted by Gasteiger charge is -2.39. The van der Waals surface area contributed by atoms with Crippen molar-refractivity contribution in [1.29, 1.82) is 0 Å². The molecule has 59 heavy (non-hydrogen) atoms. The third-order valence-corrected chi connectivity index (χ3v) is 17.4. The van der Waals surface area contributed by atoms with Crippen molar-refractivity contribution in [2.45, 2.75) is 88.8 Å². The second-order valence-corrected chi connectivity index (χ2v) is 21.4. The summed E-state index contributed by atoms with van der Waals surface area (Å²) < 4.78 is 23.9. The number of benzene rings is 4. The number of esters is 1. The van der Waals surface area contributed by atoms with Gasteiger partial charge < -0.3 is 33.9 Å². The van der Waals surface area contributed by atoms with Gasteiger partial charge in [-0.3, -0.25) is 24.1 Å². The number of anilines is 2. The van der Waals surface area contributed by atoms with Crippen molar-refractivity contribution in [1.82, 2.24) is 4.90 Å². The van der Waals surface area contributed by atoms with Crippen LogP contribution in [0.15, 0.2) is 91.0 Å². The van der Waals surface area contributed by atoms with Gasteiger partial charge >= 0.3 is 5.97 Å². The number of carbonyl (C=O) groups excluding carboxylic acids is 4. The Hall–Kier alpha value is -5.50. The highest BCUT2D eigenvalue weighted by molar-refractivity contribution is 6.91. The largest absolute Gasteiger partial charge is 0.497 e. The first-order valence-corrected chi connectivity index (χ1v) is 23.3. The van der Waals surface area contributed by atoms with E-state index in [1.807, 2.05) is 72.8 Å². The third kappa shape index (κ3) is 6.88. The number of aliphatic hydroxyl groups is 1. The van der Waals surface area contributed by atoms with Gasteiger partial charge in [-0.1, -0.05) is 73.7 Å². The van der Waals surface area contributed by atoms with Crippen LogP contribution in [-0.4, -0.2) is 81.0 Å². The first-order valence-electron chi connectivity index (χ1n) is 20.2. The van der Waals surface area contributed by atoms with Crippen LogP contribution in [0.5, 0.6) is 11.5 Å². The number of fused-ring (bicyclic) bond motifs is 3. The first kappa shape index (κ1) is 40.3. The Morgan fingerprint density at radius 2 is 1.61 bits per heavy atom. The van der Waals surface area contributed by atoms with Crippen LogP contribution in [0, 0.1) is 5.92 Å². The number of ether oxygens (including phenoxy) is 4. The molecule has 308 valence electrons. The predicted octanol–water partition coefficient (Wildman–Crippen LogP) is 5.43. The summed E-state index contributed by atoms with van der Waals surface area (Å²) in [5, 5.41) is 11.7. The van der Waals surface area contributed by atoms with E-state index in [-0.39, 0.29) is 61.2 Å². The molecule has 12 nitrogen and oxygen atoms in total. The summed E-state index contributed by atoms with van der Waals surface area (Å²) >= 11 is 0. The summed E-state index contributed by atoms with van der Waals surface area (Å²) in [5.74, 6) is -0.0672. The van der Waals surface area contributed by atoms with Crippen molar-refractivity contribution < 1.29 is 43.2 Å². The number of aliphatic hydroxyl groups excluding tert-OH is 1. The Morgan fingerprint density at radius 1 is 0.898 bits per heavy atom. The average Bonchev–Trinajstić information content (AvgIpc) is 3.65. The molecule has 0 aromatic heterocycles. The lowest BCUT2D eigenvalue weighted by Crippen LogP contribution is -2.54. The molecule has 13 heteroatoms. The maximum absolute atomic E-state index is 15.5. The molecule has 3 amide bonds. The Kier molecular flexibility index (Phi) is 10.6. The van der Waals surface area contributed by atoms with Gasteiger partial charge in [-0.15, -0.1) is 0 Å². The normalized spacial score (nSPS) is 24.8. The smallest absolute Gasteiger partial charge is 0.304 e. The monoisotopic (exact) mass is 817 g/mol. The SMILES string of the molecule is COc1ccc([Si](C)(C)[C@H]2[C@H](CC(=O)N3Cc4ccccc4C[C@H]3CO)O[C@@]3(C(=O)N(Cc4cccc(N5C(=O)CC5OC(C)=O)c4)c4ccc(OC)cc43)[C@@H]2C)cc1. The highest BCUT2D eigenvalue weighted by atomic mass is 28.3. The van der Waals surface area contributed by atoms with Crippen LogP contribution in [0.3, 0.4) is 0 Å². The fraction of sp³-hybridized carbons (Fsp3) is 0.391. The van der Waals surface area contributed by atoms with Crippen molar-refractivity contribution in [3.63, 3.8) is 0 Å². The first-order chi connectivity index (χ1) is 28.3. The summed E-state index contributed by atoms with van der Waals surface area (Å²) in [4.78, 5) is 59.6. The molecule has 0 bridgehead atoms. The molecule has 4 aliphatic heterocycles. The number of hydrogen-bond donors (Lipinski definition) is 1. The zero-order valence-corrected chi connectivity index (χ0v) is 35.3. The van der Waals surface area contributed by atoms with Gasteiger partial charge in [-0.2, -0.15) is 0 Å². The molecular weight excluding hydrogens is 767 g/mol. The standard InChI is InChI=1S/C46H51N3O9Si/c1-28-44(59(5,6)37-17-14-35(55-3)15-18-37)40(23-41(52)47-26-32-12-8-7-11-31(32)21-34(47)27-50)58-46(28)38-22-36(56-4)16-19-39(38)48(45(46)54)25-30-10-9-13-33(20-30)49-42(53)24-43(49)57-29(2)51/h7-20,22,28,34,40,43-44,50H,21,23-27H2,1-6H3/t28-,34+,40+,43?,44-,46+/m1/s1. The highest BCUT2D eigenvalue weighted by Crippen LogP contribution is 2.60. The Bertz CT molecular complexity index is 2300. The molecule has 4 aliphatic rings. The van der Waals surface area contributed by atoms with Crippen molar-refractivity contribution >= 4 is 48.3 Å². The third-order valence-electron chi connectivity index (χ3n) is 13.0. The predicted molar refractivity (Wildman–Crippen MR) is 224 cm³/mol. The van der Waals surface area contributed by atoms with Gasteiger partial charge in [0.05, 0.1) is 66.1 Å². The summed E-state index contributed by atoms with van der Waals surface area (Å²) in [6, 6.07) is 28.7. The van der Waals surface area contributed by atoms with E-state index in [1.54, 1.807) is 30.1 Å². The maximum Gasteiger partial charge on any atom is 0.304 e. The fourth-order valence-corrected chi connectivity index (χ4v) is 14.1. The van der Waals surface area contributed by atoms with E-state index in [0.717, 1.165) is 27.6 Å². The van der Waals surface area contributed by atoms with Crippen LogP contribution in [0.4, 0.5) is 11.4 Å². The molecule has 0 saturated carbocycles. The number of amides is 3. The summed E-state index contributed by atoms with van der Waals surface area (Å²) in [6.45, 7) is 8.33.